The highest BCUT2D eigenvalue weighted by Crippen LogP contribution is 2.31. The van der Waals surface area contributed by atoms with Crippen LogP contribution in [0.5, 0.6) is 5.75 Å². The van der Waals surface area contributed by atoms with E-state index in [1.165, 1.54) is 22.0 Å². The Morgan fingerprint density at radius 2 is 2.00 bits per heavy atom. The summed E-state index contributed by atoms with van der Waals surface area (Å²) in [6, 6.07) is 4.28. The fraction of sp³-hybridized carbons (Fsp3) is 0.389. The Morgan fingerprint density at radius 3 is 2.71 bits per heavy atom. The first-order valence-electron chi connectivity index (χ1n) is 8.36. The van der Waals surface area contributed by atoms with Crippen molar-refractivity contribution in [2.75, 3.05) is 38.2 Å². The molecule has 3 heterocycles. The van der Waals surface area contributed by atoms with Gasteiger partial charge in [-0.05, 0) is 24.6 Å². The highest BCUT2D eigenvalue weighted by atomic mass is 16.5. The molecule has 0 unspecified atom stereocenters. The third-order valence-corrected chi connectivity index (χ3v) is 4.87. The highest BCUT2D eigenvalue weighted by molar-refractivity contribution is 5.88. The molecular weight excluding hydrogens is 302 g/mol. The molecule has 0 aliphatic carbocycles. The molecule has 0 amide bonds. The summed E-state index contributed by atoms with van der Waals surface area (Å²) in [5, 5.41) is 1.26. The van der Waals surface area contributed by atoms with Crippen LogP contribution in [0, 0.1) is 6.92 Å². The van der Waals surface area contributed by atoms with E-state index in [2.05, 4.69) is 43.8 Å². The molecule has 1 aliphatic rings. The molecule has 3 aromatic rings. The van der Waals surface area contributed by atoms with Crippen LogP contribution in [0.3, 0.4) is 0 Å². The first-order chi connectivity index (χ1) is 11.8. The Kier molecular flexibility index (Phi) is 3.90. The third-order valence-electron chi connectivity index (χ3n) is 4.87. The first kappa shape index (κ1) is 15.1. The summed E-state index contributed by atoms with van der Waals surface area (Å²) in [6.07, 6.45) is 5.69. The second-order valence-corrected chi connectivity index (χ2v) is 6.32. The van der Waals surface area contributed by atoms with Gasteiger partial charge in [0.25, 0.3) is 0 Å². The van der Waals surface area contributed by atoms with Crippen LogP contribution in [0.25, 0.3) is 10.9 Å². The standard InChI is InChI=1S/C18H23N5O/c1-13-11-16(24-2)15(14-3-4-19-17(13)14)12-22-7-9-23(10-8-22)18-20-5-6-21-18/h3-6,11,19H,7-10,12H2,1-2H3,(H,20,21). The molecule has 1 aliphatic heterocycles. The summed E-state index contributed by atoms with van der Waals surface area (Å²) >= 11 is 0. The van der Waals surface area contributed by atoms with Crippen LogP contribution in [0.1, 0.15) is 11.1 Å². The minimum Gasteiger partial charge on any atom is -0.496 e. The van der Waals surface area contributed by atoms with Crippen molar-refractivity contribution in [1.29, 1.82) is 0 Å². The smallest absolute Gasteiger partial charge is 0.202 e. The zero-order chi connectivity index (χ0) is 16.5. The number of fused-ring (bicyclic) bond motifs is 1. The number of aryl methyl sites for hydroxylation is 1. The van der Waals surface area contributed by atoms with Crippen molar-refractivity contribution < 1.29 is 4.74 Å². The van der Waals surface area contributed by atoms with E-state index in [0.717, 1.165) is 44.4 Å². The lowest BCUT2D eigenvalue weighted by atomic mass is 10.0. The molecule has 4 rings (SSSR count). The molecule has 1 saturated heterocycles. The van der Waals surface area contributed by atoms with Gasteiger partial charge in [-0.15, -0.1) is 0 Å². The average Bonchev–Trinajstić information content (AvgIpc) is 3.29. The lowest BCUT2D eigenvalue weighted by Gasteiger charge is -2.34. The Morgan fingerprint density at radius 1 is 1.17 bits per heavy atom. The van der Waals surface area contributed by atoms with Crippen LogP contribution in [0.15, 0.2) is 30.7 Å². The molecule has 0 saturated carbocycles. The molecule has 0 spiro atoms. The second kappa shape index (κ2) is 6.20. The summed E-state index contributed by atoms with van der Waals surface area (Å²) in [4.78, 5) is 15.7. The van der Waals surface area contributed by atoms with Gasteiger partial charge in [0.2, 0.25) is 5.95 Å². The number of anilines is 1. The second-order valence-electron chi connectivity index (χ2n) is 6.32. The zero-order valence-electron chi connectivity index (χ0n) is 14.2. The minimum absolute atomic E-state index is 0.907. The quantitative estimate of drug-likeness (QED) is 0.774. The van der Waals surface area contributed by atoms with Crippen molar-refractivity contribution in [1.82, 2.24) is 19.9 Å². The molecule has 24 heavy (non-hydrogen) atoms. The Labute approximate surface area is 141 Å². The maximum absolute atomic E-state index is 5.66. The van der Waals surface area contributed by atoms with Gasteiger partial charge in [-0.1, -0.05) is 0 Å². The molecule has 1 fully saturated rings. The van der Waals surface area contributed by atoms with Gasteiger partial charge in [-0.2, -0.15) is 0 Å². The number of methoxy groups -OCH3 is 1. The van der Waals surface area contributed by atoms with Gasteiger partial charge in [0.15, 0.2) is 0 Å². The van der Waals surface area contributed by atoms with E-state index in [1.54, 1.807) is 7.11 Å². The maximum atomic E-state index is 5.66. The van der Waals surface area contributed by atoms with Crippen molar-refractivity contribution in [3.05, 3.63) is 41.9 Å². The van der Waals surface area contributed by atoms with E-state index < -0.39 is 0 Å². The van der Waals surface area contributed by atoms with Gasteiger partial charge >= 0.3 is 0 Å². The van der Waals surface area contributed by atoms with Gasteiger partial charge in [0.1, 0.15) is 5.75 Å². The molecule has 6 nitrogen and oxygen atoms in total. The molecule has 2 aromatic heterocycles. The summed E-state index contributed by atoms with van der Waals surface area (Å²) in [5.74, 6) is 1.95. The Balaban J connectivity index is 1.53. The molecule has 0 atom stereocenters. The number of hydrogen-bond donors (Lipinski definition) is 2. The van der Waals surface area contributed by atoms with Gasteiger partial charge in [0.05, 0.1) is 7.11 Å². The number of aromatic nitrogens is 3. The van der Waals surface area contributed by atoms with Gasteiger partial charge in [-0.3, -0.25) is 4.90 Å². The van der Waals surface area contributed by atoms with Gasteiger partial charge in [-0.25, -0.2) is 4.98 Å². The van der Waals surface area contributed by atoms with Crippen LogP contribution in [0.4, 0.5) is 5.95 Å². The zero-order valence-corrected chi connectivity index (χ0v) is 14.2. The van der Waals surface area contributed by atoms with Crippen molar-refractivity contribution in [3.8, 4) is 5.75 Å². The Bertz CT molecular complexity index is 815. The first-order valence-corrected chi connectivity index (χ1v) is 8.36. The molecular formula is C18H23N5O. The lowest BCUT2D eigenvalue weighted by Crippen LogP contribution is -2.46. The number of benzene rings is 1. The van der Waals surface area contributed by atoms with E-state index in [4.69, 9.17) is 4.74 Å². The lowest BCUT2D eigenvalue weighted by molar-refractivity contribution is 0.246. The number of imidazole rings is 1. The number of hydrogen-bond acceptors (Lipinski definition) is 4. The molecule has 1 aromatic carbocycles. The van der Waals surface area contributed by atoms with Crippen LogP contribution in [-0.2, 0) is 6.54 Å². The summed E-state index contributed by atoms with van der Waals surface area (Å²) in [6.45, 7) is 7.03. The largest absolute Gasteiger partial charge is 0.496 e. The molecule has 0 bridgehead atoms. The maximum Gasteiger partial charge on any atom is 0.202 e. The minimum atomic E-state index is 0.907. The number of ether oxygens (including phenoxy) is 1. The summed E-state index contributed by atoms with van der Waals surface area (Å²) in [5.41, 5.74) is 3.70. The van der Waals surface area contributed by atoms with Crippen LogP contribution < -0.4 is 9.64 Å². The van der Waals surface area contributed by atoms with E-state index in [1.807, 2.05) is 18.6 Å². The van der Waals surface area contributed by atoms with Crippen LogP contribution in [-0.4, -0.2) is 53.1 Å². The molecule has 6 heteroatoms. The van der Waals surface area contributed by atoms with Gasteiger partial charge in [0, 0.05) is 67.8 Å². The van der Waals surface area contributed by atoms with Crippen molar-refractivity contribution in [2.45, 2.75) is 13.5 Å². The monoisotopic (exact) mass is 325 g/mol. The van der Waals surface area contributed by atoms with Crippen molar-refractivity contribution in [2.24, 2.45) is 0 Å². The fourth-order valence-corrected chi connectivity index (χ4v) is 3.55. The normalized spacial score (nSPS) is 16.0. The molecule has 0 radical (unpaired) electrons. The van der Waals surface area contributed by atoms with Crippen LogP contribution >= 0.6 is 0 Å². The molecule has 126 valence electrons. The van der Waals surface area contributed by atoms with E-state index in [0.29, 0.717) is 0 Å². The number of H-pyrrole nitrogens is 2. The third kappa shape index (κ3) is 2.63. The summed E-state index contributed by atoms with van der Waals surface area (Å²) in [7, 11) is 1.76. The Hall–Kier alpha value is -2.47. The SMILES string of the molecule is COc1cc(C)c2[nH]ccc2c1CN1CCN(c2ncc[nH]2)CC1. The van der Waals surface area contributed by atoms with Gasteiger partial charge < -0.3 is 19.6 Å². The highest BCUT2D eigenvalue weighted by Gasteiger charge is 2.21. The van der Waals surface area contributed by atoms with E-state index in [9.17, 15) is 0 Å². The topological polar surface area (TPSA) is 60.2 Å². The number of piperazine rings is 1. The van der Waals surface area contributed by atoms with Crippen molar-refractivity contribution in [3.63, 3.8) is 0 Å². The number of aromatic amines is 2. The number of nitrogens with one attached hydrogen (secondary N) is 2. The van der Waals surface area contributed by atoms with E-state index in [-0.39, 0.29) is 0 Å². The van der Waals surface area contributed by atoms with Crippen molar-refractivity contribution >= 4 is 16.9 Å². The number of nitrogens with zero attached hydrogens (tertiary/aromatic N) is 3. The molecule has 2 N–H and O–H groups in total. The van der Waals surface area contributed by atoms with E-state index >= 15 is 0 Å². The average molecular weight is 325 g/mol. The summed E-state index contributed by atoms with van der Waals surface area (Å²) < 4.78 is 5.66. The predicted molar refractivity (Wildman–Crippen MR) is 95.7 cm³/mol. The number of rotatable bonds is 4. The van der Waals surface area contributed by atoms with Crippen LogP contribution in [0.2, 0.25) is 0 Å². The fourth-order valence-electron chi connectivity index (χ4n) is 3.55. The predicted octanol–water partition coefficient (Wildman–Crippen LogP) is 2.53.